The highest BCUT2D eigenvalue weighted by molar-refractivity contribution is 5.98. The van der Waals surface area contributed by atoms with Crippen LogP contribution in [0.2, 0.25) is 0 Å². The molecule has 0 unspecified atom stereocenters. The summed E-state index contributed by atoms with van der Waals surface area (Å²) in [7, 11) is 0. The first-order chi connectivity index (χ1) is 12.7. The molecule has 5 heteroatoms. The Bertz CT molecular complexity index is 892. The van der Waals surface area contributed by atoms with Crippen molar-refractivity contribution < 1.29 is 9.59 Å². The molecule has 0 radical (unpaired) electrons. The zero-order valence-electron chi connectivity index (χ0n) is 14.5. The van der Waals surface area contributed by atoms with E-state index in [1.54, 1.807) is 0 Å². The molecule has 5 nitrogen and oxygen atoms in total. The number of benzene rings is 1. The second-order valence-electron chi connectivity index (χ2n) is 6.76. The number of amides is 1. The zero-order chi connectivity index (χ0) is 17.9. The topological polar surface area (TPSA) is 54.7 Å². The third-order valence-corrected chi connectivity index (χ3v) is 5.02. The van der Waals surface area contributed by atoms with Crippen molar-refractivity contribution >= 4 is 17.3 Å². The van der Waals surface area contributed by atoms with Crippen molar-refractivity contribution in [3.63, 3.8) is 0 Å². The predicted molar refractivity (Wildman–Crippen MR) is 99.0 cm³/mol. The van der Waals surface area contributed by atoms with Gasteiger partial charge in [0, 0.05) is 37.0 Å². The predicted octanol–water partition coefficient (Wildman–Crippen LogP) is 3.00. The average molecular weight is 347 g/mol. The van der Waals surface area contributed by atoms with Crippen molar-refractivity contribution in [2.45, 2.75) is 19.3 Å². The fraction of sp³-hybridized carbons (Fsp3) is 0.286. The Kier molecular flexibility index (Phi) is 4.52. The van der Waals surface area contributed by atoms with Gasteiger partial charge in [-0.1, -0.05) is 36.4 Å². The van der Waals surface area contributed by atoms with Gasteiger partial charge in [0.1, 0.15) is 5.65 Å². The lowest BCUT2D eigenvalue weighted by Crippen LogP contribution is -2.41. The van der Waals surface area contributed by atoms with Crippen LogP contribution in [0.4, 0.5) is 0 Å². The Labute approximate surface area is 152 Å². The van der Waals surface area contributed by atoms with Gasteiger partial charge in [-0.25, -0.2) is 4.98 Å². The van der Waals surface area contributed by atoms with E-state index in [0.717, 1.165) is 29.7 Å². The van der Waals surface area contributed by atoms with Crippen molar-refractivity contribution in [3.8, 4) is 0 Å². The molecule has 1 aromatic carbocycles. The molecule has 1 amide bonds. The van der Waals surface area contributed by atoms with Crippen LogP contribution in [0.25, 0.3) is 5.65 Å². The van der Waals surface area contributed by atoms with E-state index in [1.807, 2.05) is 70.2 Å². The van der Waals surface area contributed by atoms with Crippen molar-refractivity contribution in [2.24, 2.45) is 5.92 Å². The number of carbonyl (C=O) groups excluding carboxylic acids is 2. The number of likely N-dealkylation sites (tertiary alicyclic amines) is 1. The average Bonchev–Trinajstić information content (AvgIpc) is 3.10. The second-order valence-corrected chi connectivity index (χ2v) is 6.76. The smallest absolute Gasteiger partial charge is 0.228 e. The maximum Gasteiger partial charge on any atom is 0.228 e. The quantitative estimate of drug-likeness (QED) is 0.682. The highest BCUT2D eigenvalue weighted by Crippen LogP contribution is 2.22. The molecule has 26 heavy (non-hydrogen) atoms. The third kappa shape index (κ3) is 3.38. The van der Waals surface area contributed by atoms with Crippen LogP contribution in [-0.4, -0.2) is 39.1 Å². The van der Waals surface area contributed by atoms with Gasteiger partial charge in [0.15, 0.2) is 5.78 Å². The summed E-state index contributed by atoms with van der Waals surface area (Å²) in [5, 5.41) is 0. The van der Waals surface area contributed by atoms with Crippen molar-refractivity contribution in [1.82, 2.24) is 14.3 Å². The van der Waals surface area contributed by atoms with Crippen LogP contribution in [0.3, 0.4) is 0 Å². The number of aromatic nitrogens is 2. The minimum Gasteiger partial charge on any atom is -0.342 e. The fourth-order valence-electron chi connectivity index (χ4n) is 3.57. The van der Waals surface area contributed by atoms with Gasteiger partial charge in [0.05, 0.1) is 12.1 Å². The zero-order valence-corrected chi connectivity index (χ0v) is 14.5. The van der Waals surface area contributed by atoms with Gasteiger partial charge in [-0.05, 0) is 25.0 Å². The maximum atomic E-state index is 12.6. The summed E-state index contributed by atoms with van der Waals surface area (Å²) in [5.41, 5.74) is 2.40. The first-order valence-corrected chi connectivity index (χ1v) is 9.00. The standard InChI is InChI=1S/C21H21N3O2/c25-20(14-18-15-24-11-5-4-8-19(24)22-18)23-12-9-17(10-13-23)21(26)16-6-2-1-3-7-16/h1-8,11,15,17H,9-10,12-14H2. The molecule has 0 N–H and O–H groups in total. The molecular formula is C21H21N3O2. The molecule has 0 spiro atoms. The summed E-state index contributed by atoms with van der Waals surface area (Å²) < 4.78 is 1.92. The Morgan fingerprint density at radius 1 is 1.00 bits per heavy atom. The lowest BCUT2D eigenvalue weighted by molar-refractivity contribution is -0.131. The highest BCUT2D eigenvalue weighted by atomic mass is 16.2. The number of pyridine rings is 1. The molecule has 0 atom stereocenters. The van der Waals surface area contributed by atoms with Crippen LogP contribution in [0, 0.1) is 5.92 Å². The Balaban J connectivity index is 1.35. The van der Waals surface area contributed by atoms with E-state index in [1.165, 1.54) is 0 Å². The number of hydrogen-bond acceptors (Lipinski definition) is 3. The van der Waals surface area contributed by atoms with Gasteiger partial charge in [0.25, 0.3) is 0 Å². The number of fused-ring (bicyclic) bond motifs is 1. The minimum absolute atomic E-state index is 0.0108. The summed E-state index contributed by atoms with van der Waals surface area (Å²) in [6.45, 7) is 1.27. The van der Waals surface area contributed by atoms with Gasteiger partial charge >= 0.3 is 0 Å². The molecule has 1 aliphatic rings. The first-order valence-electron chi connectivity index (χ1n) is 9.00. The number of piperidine rings is 1. The molecule has 0 aliphatic carbocycles. The molecule has 3 aromatic rings. The fourth-order valence-corrected chi connectivity index (χ4v) is 3.57. The normalized spacial score (nSPS) is 15.3. The summed E-state index contributed by atoms with van der Waals surface area (Å²) >= 11 is 0. The molecule has 1 fully saturated rings. The molecule has 132 valence electrons. The summed E-state index contributed by atoms with van der Waals surface area (Å²) in [4.78, 5) is 31.5. The number of ketones is 1. The number of imidazole rings is 1. The van der Waals surface area contributed by atoms with Crippen LogP contribution < -0.4 is 0 Å². The summed E-state index contributed by atoms with van der Waals surface area (Å²) in [5.74, 6) is 0.286. The molecule has 1 saturated heterocycles. The van der Waals surface area contributed by atoms with Crippen LogP contribution in [-0.2, 0) is 11.2 Å². The molecule has 2 aromatic heterocycles. The molecule has 4 rings (SSSR count). The third-order valence-electron chi connectivity index (χ3n) is 5.02. The van der Waals surface area contributed by atoms with E-state index in [9.17, 15) is 9.59 Å². The van der Waals surface area contributed by atoms with Crippen molar-refractivity contribution in [1.29, 1.82) is 0 Å². The SMILES string of the molecule is O=C(c1ccccc1)C1CCN(C(=O)Cc2cn3ccccc3n2)CC1. The molecular weight excluding hydrogens is 326 g/mol. The van der Waals surface area contributed by atoms with Gasteiger partial charge in [-0.15, -0.1) is 0 Å². The highest BCUT2D eigenvalue weighted by Gasteiger charge is 2.28. The van der Waals surface area contributed by atoms with Crippen LogP contribution in [0.5, 0.6) is 0 Å². The van der Waals surface area contributed by atoms with Crippen LogP contribution in [0.15, 0.2) is 60.9 Å². The van der Waals surface area contributed by atoms with Gasteiger partial charge in [0.2, 0.25) is 5.91 Å². The lowest BCUT2D eigenvalue weighted by Gasteiger charge is -2.31. The number of hydrogen-bond donors (Lipinski definition) is 0. The summed E-state index contributed by atoms with van der Waals surface area (Å²) in [6.07, 6.45) is 5.59. The molecule has 0 bridgehead atoms. The number of Topliss-reactive ketones (excluding diaryl/α,β-unsaturated/α-hetero) is 1. The van der Waals surface area contributed by atoms with E-state index in [4.69, 9.17) is 0 Å². The van der Waals surface area contributed by atoms with E-state index in [2.05, 4.69) is 4.98 Å². The molecule has 3 heterocycles. The Hall–Kier alpha value is -2.95. The van der Waals surface area contributed by atoms with E-state index >= 15 is 0 Å². The Morgan fingerprint density at radius 3 is 2.46 bits per heavy atom. The van der Waals surface area contributed by atoms with Crippen LogP contribution >= 0.6 is 0 Å². The van der Waals surface area contributed by atoms with E-state index < -0.39 is 0 Å². The van der Waals surface area contributed by atoms with Crippen molar-refractivity contribution in [3.05, 3.63) is 72.2 Å². The van der Waals surface area contributed by atoms with Gasteiger partial charge in [-0.3, -0.25) is 9.59 Å². The number of carbonyl (C=O) groups is 2. The second kappa shape index (κ2) is 7.12. The van der Waals surface area contributed by atoms with Gasteiger partial charge in [-0.2, -0.15) is 0 Å². The molecule has 0 saturated carbocycles. The summed E-state index contributed by atoms with van der Waals surface area (Å²) in [6, 6.07) is 15.2. The first kappa shape index (κ1) is 16.5. The monoisotopic (exact) mass is 347 g/mol. The molecule has 1 aliphatic heterocycles. The van der Waals surface area contributed by atoms with Crippen molar-refractivity contribution in [2.75, 3.05) is 13.1 Å². The minimum atomic E-state index is 0.0108. The number of rotatable bonds is 4. The van der Waals surface area contributed by atoms with E-state index in [-0.39, 0.29) is 17.6 Å². The van der Waals surface area contributed by atoms with Crippen LogP contribution in [0.1, 0.15) is 28.9 Å². The number of nitrogens with zero attached hydrogens (tertiary/aromatic N) is 3. The lowest BCUT2D eigenvalue weighted by atomic mass is 9.89. The van der Waals surface area contributed by atoms with Gasteiger partial charge < -0.3 is 9.30 Å². The Morgan fingerprint density at radius 2 is 1.73 bits per heavy atom. The van der Waals surface area contributed by atoms with E-state index in [0.29, 0.717) is 19.5 Å². The largest absolute Gasteiger partial charge is 0.342 e. The maximum absolute atomic E-state index is 12.6.